The number of anilines is 1. The topological polar surface area (TPSA) is 57.6 Å². The molecule has 4 nitrogen and oxygen atoms in total. The number of Topliss-reactive ketones (excluding diaryl/α,β-unsaturated/α-hetero) is 1. The minimum Gasteiger partial charge on any atom is -0.375 e. The Balaban J connectivity index is 1.93. The summed E-state index contributed by atoms with van der Waals surface area (Å²) in [5, 5.41) is 11.1. The number of unbranched alkanes of at least 4 members (excludes halogenated alkanes) is 1. The quantitative estimate of drug-likeness (QED) is 0.732. The monoisotopic (exact) mass is 407 g/mol. The largest absolute Gasteiger partial charge is 0.375 e. The van der Waals surface area contributed by atoms with E-state index in [0.29, 0.717) is 22.7 Å². The van der Waals surface area contributed by atoms with Gasteiger partial charge in [-0.3, -0.25) is 9.59 Å². The van der Waals surface area contributed by atoms with Crippen LogP contribution < -0.4 is 4.90 Å². The number of ketones is 1. The molecule has 0 radical (unpaired) electrons. The molecule has 6 heteroatoms. The maximum absolute atomic E-state index is 12.9. The van der Waals surface area contributed by atoms with E-state index in [2.05, 4.69) is 22.9 Å². The summed E-state index contributed by atoms with van der Waals surface area (Å²) in [6.45, 7) is 2.60. The van der Waals surface area contributed by atoms with Gasteiger partial charge in [0.1, 0.15) is 0 Å². The smallest absolute Gasteiger partial charge is 0.264 e. The van der Waals surface area contributed by atoms with Crippen molar-refractivity contribution >= 4 is 44.6 Å². The first-order valence-corrected chi connectivity index (χ1v) is 9.50. The first-order valence-electron chi connectivity index (χ1n) is 7.89. The third kappa shape index (κ3) is 2.94. The molecule has 3 rings (SSSR count). The number of carbonyl (C=O) groups excluding carboxylic acids is 2. The van der Waals surface area contributed by atoms with Crippen molar-refractivity contribution in [3.05, 3.63) is 50.6 Å². The van der Waals surface area contributed by atoms with Crippen molar-refractivity contribution in [2.75, 3.05) is 11.4 Å². The van der Waals surface area contributed by atoms with Gasteiger partial charge in [0.15, 0.2) is 11.4 Å². The van der Waals surface area contributed by atoms with Gasteiger partial charge < -0.3 is 10.0 Å². The fourth-order valence-electron chi connectivity index (χ4n) is 3.00. The molecule has 0 spiro atoms. The van der Waals surface area contributed by atoms with E-state index in [1.165, 1.54) is 11.3 Å². The van der Waals surface area contributed by atoms with E-state index in [-0.39, 0.29) is 12.2 Å². The van der Waals surface area contributed by atoms with Gasteiger partial charge in [0.2, 0.25) is 0 Å². The lowest BCUT2D eigenvalue weighted by molar-refractivity contribution is -0.135. The Hall–Kier alpha value is -1.50. The standard InChI is InChI=1S/C18H18BrNO3S/c1-2-3-10-20-13-7-5-4-6-12(13)18(23,17(20)22)11-14(21)15-8-9-16(19)24-15/h4-9,23H,2-3,10-11H2,1H3/t18-/m0/s1. The third-order valence-electron chi connectivity index (χ3n) is 4.24. The minimum atomic E-state index is -1.78. The van der Waals surface area contributed by atoms with Crippen molar-refractivity contribution in [1.82, 2.24) is 0 Å². The van der Waals surface area contributed by atoms with E-state index in [1.807, 2.05) is 12.1 Å². The fourth-order valence-corrected chi connectivity index (χ4v) is 4.32. The van der Waals surface area contributed by atoms with Gasteiger partial charge in [-0.1, -0.05) is 31.5 Å². The molecule has 2 heterocycles. The zero-order chi connectivity index (χ0) is 17.3. The number of para-hydroxylation sites is 1. The van der Waals surface area contributed by atoms with Crippen LogP contribution in [-0.4, -0.2) is 23.3 Å². The highest BCUT2D eigenvalue weighted by Crippen LogP contribution is 2.43. The van der Waals surface area contributed by atoms with Gasteiger partial charge in [0.05, 0.1) is 20.8 Å². The lowest BCUT2D eigenvalue weighted by atomic mass is 9.89. The van der Waals surface area contributed by atoms with E-state index in [0.717, 1.165) is 16.6 Å². The second-order valence-corrected chi connectivity index (χ2v) is 8.35. The molecule has 1 N–H and O–H groups in total. The number of hydrogen-bond acceptors (Lipinski definition) is 4. The van der Waals surface area contributed by atoms with E-state index >= 15 is 0 Å². The average molecular weight is 408 g/mol. The maximum Gasteiger partial charge on any atom is 0.264 e. The van der Waals surface area contributed by atoms with Gasteiger partial charge >= 0.3 is 0 Å². The number of thiophene rings is 1. The zero-order valence-corrected chi connectivity index (χ0v) is 15.7. The number of aliphatic hydroxyl groups is 1. The van der Waals surface area contributed by atoms with Crippen LogP contribution in [0.25, 0.3) is 0 Å². The number of nitrogens with zero attached hydrogens (tertiary/aromatic N) is 1. The number of carbonyl (C=O) groups is 2. The van der Waals surface area contributed by atoms with Crippen molar-refractivity contribution in [3.63, 3.8) is 0 Å². The molecule has 0 saturated carbocycles. The molecule has 2 aromatic rings. The SMILES string of the molecule is CCCCN1C(=O)[C@](O)(CC(=O)c2ccc(Br)s2)c2ccccc21. The predicted molar refractivity (Wildman–Crippen MR) is 98.6 cm³/mol. The molecule has 24 heavy (non-hydrogen) atoms. The highest BCUT2D eigenvalue weighted by Gasteiger charge is 2.50. The lowest BCUT2D eigenvalue weighted by Crippen LogP contribution is -2.42. The molecular weight excluding hydrogens is 390 g/mol. The van der Waals surface area contributed by atoms with Gasteiger partial charge in [0.25, 0.3) is 5.91 Å². The zero-order valence-electron chi connectivity index (χ0n) is 13.3. The molecule has 1 aliphatic heterocycles. The van der Waals surface area contributed by atoms with Gasteiger partial charge in [-0.25, -0.2) is 0 Å². The van der Waals surface area contributed by atoms with Gasteiger partial charge in [-0.05, 0) is 40.5 Å². The summed E-state index contributed by atoms with van der Waals surface area (Å²) in [6.07, 6.45) is 1.56. The normalized spacial score (nSPS) is 19.6. The van der Waals surface area contributed by atoms with Crippen LogP contribution in [0.3, 0.4) is 0 Å². The van der Waals surface area contributed by atoms with Gasteiger partial charge in [-0.15, -0.1) is 11.3 Å². The number of hydrogen-bond donors (Lipinski definition) is 1. The molecule has 0 bridgehead atoms. The van der Waals surface area contributed by atoms with Crippen LogP contribution in [0.15, 0.2) is 40.2 Å². The van der Waals surface area contributed by atoms with Crippen LogP contribution in [0.4, 0.5) is 5.69 Å². The third-order valence-corrected chi connectivity index (χ3v) is 5.90. The van der Waals surface area contributed by atoms with Crippen LogP contribution >= 0.6 is 27.3 Å². The fraction of sp³-hybridized carbons (Fsp3) is 0.333. The molecular formula is C18H18BrNO3S. The van der Waals surface area contributed by atoms with Crippen LogP contribution in [0, 0.1) is 0 Å². The van der Waals surface area contributed by atoms with Crippen LogP contribution in [0.5, 0.6) is 0 Å². The Labute approximate surface area is 153 Å². The Morgan fingerprint density at radius 1 is 1.29 bits per heavy atom. The van der Waals surface area contributed by atoms with Crippen molar-refractivity contribution in [2.24, 2.45) is 0 Å². The highest BCUT2D eigenvalue weighted by molar-refractivity contribution is 9.11. The molecule has 1 aromatic heterocycles. The molecule has 1 amide bonds. The Morgan fingerprint density at radius 3 is 2.71 bits per heavy atom. The lowest BCUT2D eigenvalue weighted by Gasteiger charge is -2.22. The van der Waals surface area contributed by atoms with Crippen molar-refractivity contribution in [1.29, 1.82) is 0 Å². The summed E-state index contributed by atoms with van der Waals surface area (Å²) in [5.41, 5.74) is -0.550. The number of halogens is 1. The number of amides is 1. The molecule has 0 saturated heterocycles. The summed E-state index contributed by atoms with van der Waals surface area (Å²) >= 11 is 4.64. The first kappa shape index (κ1) is 17.3. The Morgan fingerprint density at radius 2 is 2.04 bits per heavy atom. The number of benzene rings is 1. The molecule has 0 unspecified atom stereocenters. The molecule has 1 aliphatic rings. The summed E-state index contributed by atoms with van der Waals surface area (Å²) in [7, 11) is 0. The Kier molecular flexibility index (Phi) is 4.90. The second kappa shape index (κ2) is 6.78. The molecule has 1 atom stereocenters. The summed E-state index contributed by atoms with van der Waals surface area (Å²) < 4.78 is 0.848. The van der Waals surface area contributed by atoms with E-state index in [1.54, 1.807) is 29.2 Å². The Bertz CT molecular complexity index is 788. The van der Waals surface area contributed by atoms with Crippen LogP contribution in [0.2, 0.25) is 0 Å². The summed E-state index contributed by atoms with van der Waals surface area (Å²) in [5.74, 6) is -0.630. The van der Waals surface area contributed by atoms with Crippen molar-refractivity contribution in [3.8, 4) is 0 Å². The maximum atomic E-state index is 12.9. The van der Waals surface area contributed by atoms with Crippen LogP contribution in [-0.2, 0) is 10.4 Å². The molecule has 1 aromatic carbocycles. The van der Waals surface area contributed by atoms with Crippen LogP contribution in [0.1, 0.15) is 41.4 Å². The highest BCUT2D eigenvalue weighted by atomic mass is 79.9. The van der Waals surface area contributed by atoms with Crippen molar-refractivity contribution < 1.29 is 14.7 Å². The average Bonchev–Trinajstić information content (AvgIpc) is 3.09. The number of rotatable bonds is 6. The first-order chi connectivity index (χ1) is 11.5. The molecule has 126 valence electrons. The van der Waals surface area contributed by atoms with Crippen molar-refractivity contribution in [2.45, 2.75) is 31.8 Å². The van der Waals surface area contributed by atoms with E-state index in [9.17, 15) is 14.7 Å². The summed E-state index contributed by atoms with van der Waals surface area (Å²) in [6, 6.07) is 10.7. The number of fused-ring (bicyclic) bond motifs is 1. The molecule has 0 aliphatic carbocycles. The van der Waals surface area contributed by atoms with Gasteiger partial charge in [0, 0.05) is 12.1 Å². The molecule has 0 fully saturated rings. The van der Waals surface area contributed by atoms with E-state index in [4.69, 9.17) is 0 Å². The van der Waals surface area contributed by atoms with E-state index < -0.39 is 11.5 Å². The predicted octanol–water partition coefficient (Wildman–Crippen LogP) is 4.12. The van der Waals surface area contributed by atoms with Gasteiger partial charge in [-0.2, -0.15) is 0 Å². The second-order valence-electron chi connectivity index (χ2n) is 5.89. The minimum absolute atomic E-state index is 0.228. The summed E-state index contributed by atoms with van der Waals surface area (Å²) in [4.78, 5) is 27.6.